The topological polar surface area (TPSA) is 20.2 Å². The molecule has 0 aromatic rings. The number of aliphatic hydroxyl groups is 1. The quantitative estimate of drug-likeness (QED) is 0.488. The second-order valence-electron chi connectivity index (χ2n) is 12.2. The molecule has 1 heteroatoms. The molecule has 3 saturated carbocycles. The lowest BCUT2D eigenvalue weighted by Gasteiger charge is -2.58. The van der Waals surface area contributed by atoms with Crippen molar-refractivity contribution in [3.63, 3.8) is 0 Å². The summed E-state index contributed by atoms with van der Waals surface area (Å²) in [4.78, 5) is 0. The summed E-state index contributed by atoms with van der Waals surface area (Å²) in [6.07, 6.45) is 17.2. The molecule has 0 bridgehead atoms. The van der Waals surface area contributed by atoms with Gasteiger partial charge in [0, 0.05) is 0 Å². The molecule has 0 amide bonds. The van der Waals surface area contributed by atoms with Crippen molar-refractivity contribution < 1.29 is 5.11 Å². The van der Waals surface area contributed by atoms with Crippen molar-refractivity contribution in [1.82, 2.24) is 0 Å². The Balaban J connectivity index is 1.49. The van der Waals surface area contributed by atoms with Gasteiger partial charge in [0.25, 0.3) is 0 Å². The van der Waals surface area contributed by atoms with Crippen LogP contribution in [0.4, 0.5) is 0 Å². The van der Waals surface area contributed by atoms with Crippen LogP contribution in [0.25, 0.3) is 0 Å². The molecule has 0 aliphatic heterocycles. The molecule has 28 heavy (non-hydrogen) atoms. The van der Waals surface area contributed by atoms with Crippen LogP contribution in [0.5, 0.6) is 0 Å². The van der Waals surface area contributed by atoms with Crippen molar-refractivity contribution in [3.8, 4) is 0 Å². The fraction of sp³-hybridized carbons (Fsp3) is 0.926. The van der Waals surface area contributed by atoms with E-state index in [9.17, 15) is 5.11 Å². The lowest BCUT2D eigenvalue weighted by molar-refractivity contribution is -0.0573. The lowest BCUT2D eigenvalue weighted by atomic mass is 9.47. The number of hydrogen-bond donors (Lipinski definition) is 1. The van der Waals surface area contributed by atoms with Gasteiger partial charge in [0.05, 0.1) is 6.10 Å². The molecule has 3 fully saturated rings. The number of hydrogen-bond acceptors (Lipinski definition) is 1. The van der Waals surface area contributed by atoms with E-state index in [1.165, 1.54) is 57.8 Å². The van der Waals surface area contributed by atoms with E-state index < -0.39 is 0 Å². The summed E-state index contributed by atoms with van der Waals surface area (Å²) in [6, 6.07) is 0. The maximum absolute atomic E-state index is 10.2. The van der Waals surface area contributed by atoms with Gasteiger partial charge in [-0.2, -0.15) is 0 Å². The Morgan fingerprint density at radius 3 is 2.54 bits per heavy atom. The molecule has 0 aromatic carbocycles. The van der Waals surface area contributed by atoms with Crippen molar-refractivity contribution in [2.24, 2.45) is 46.3 Å². The van der Waals surface area contributed by atoms with Crippen LogP contribution in [-0.4, -0.2) is 11.2 Å². The molecule has 4 aliphatic carbocycles. The Bertz CT molecular complexity index is 591. The first kappa shape index (κ1) is 21.0. The van der Waals surface area contributed by atoms with Gasteiger partial charge in [-0.1, -0.05) is 65.5 Å². The van der Waals surface area contributed by atoms with E-state index in [4.69, 9.17) is 0 Å². The highest BCUT2D eigenvalue weighted by atomic mass is 16.3. The van der Waals surface area contributed by atoms with Crippen molar-refractivity contribution in [2.75, 3.05) is 0 Å². The van der Waals surface area contributed by atoms with Crippen molar-refractivity contribution in [2.45, 2.75) is 111 Å². The first-order valence-electron chi connectivity index (χ1n) is 12.6. The first-order valence-corrected chi connectivity index (χ1v) is 12.6. The fourth-order valence-electron chi connectivity index (χ4n) is 8.67. The summed E-state index contributed by atoms with van der Waals surface area (Å²) in [5, 5.41) is 10.2. The van der Waals surface area contributed by atoms with E-state index in [2.05, 4.69) is 40.7 Å². The van der Waals surface area contributed by atoms with Gasteiger partial charge in [-0.25, -0.2) is 0 Å². The van der Waals surface area contributed by atoms with Gasteiger partial charge >= 0.3 is 0 Å². The smallest absolute Gasteiger partial charge is 0.0577 e. The van der Waals surface area contributed by atoms with Gasteiger partial charge in [0.2, 0.25) is 0 Å². The molecule has 0 spiro atoms. The van der Waals surface area contributed by atoms with Crippen LogP contribution in [0.2, 0.25) is 0 Å². The first-order chi connectivity index (χ1) is 13.3. The van der Waals surface area contributed by atoms with E-state index in [1.807, 2.05) is 0 Å². The summed E-state index contributed by atoms with van der Waals surface area (Å²) in [5.41, 5.74) is 2.60. The van der Waals surface area contributed by atoms with E-state index in [-0.39, 0.29) is 6.10 Å². The van der Waals surface area contributed by atoms with Crippen LogP contribution >= 0.6 is 0 Å². The fourth-order valence-corrected chi connectivity index (χ4v) is 8.67. The average molecular weight is 387 g/mol. The summed E-state index contributed by atoms with van der Waals surface area (Å²) >= 11 is 0. The minimum atomic E-state index is -0.0766. The van der Waals surface area contributed by atoms with Gasteiger partial charge < -0.3 is 5.11 Å². The Hall–Kier alpha value is -0.300. The van der Waals surface area contributed by atoms with Crippen LogP contribution in [0, 0.1) is 46.3 Å². The third kappa shape index (κ3) is 3.42. The summed E-state index contributed by atoms with van der Waals surface area (Å²) in [5.74, 6) is 5.46. The molecule has 1 nitrogen and oxygen atoms in total. The highest BCUT2D eigenvalue weighted by Gasteiger charge is 2.59. The Morgan fingerprint density at radius 1 is 1.00 bits per heavy atom. The maximum Gasteiger partial charge on any atom is 0.0577 e. The summed E-state index contributed by atoms with van der Waals surface area (Å²) in [6.45, 7) is 12.6. The number of aliphatic hydroxyl groups excluding tert-OH is 1. The molecule has 6 unspecified atom stereocenters. The monoisotopic (exact) mass is 386 g/mol. The predicted molar refractivity (Wildman–Crippen MR) is 119 cm³/mol. The number of rotatable bonds is 5. The molecule has 1 N–H and O–H groups in total. The molecular formula is C27H46O. The van der Waals surface area contributed by atoms with E-state index in [0.717, 1.165) is 48.3 Å². The molecule has 160 valence electrons. The minimum absolute atomic E-state index is 0.0766. The normalized spacial score (nSPS) is 46.5. The Kier molecular flexibility index (Phi) is 5.80. The predicted octanol–water partition coefficient (Wildman–Crippen LogP) is 7.39. The number of allylic oxidation sites excluding steroid dienone is 1. The zero-order valence-electron chi connectivity index (χ0n) is 19.3. The van der Waals surface area contributed by atoms with Gasteiger partial charge in [0.1, 0.15) is 0 Å². The molecular weight excluding hydrogens is 340 g/mol. The second kappa shape index (κ2) is 7.75. The van der Waals surface area contributed by atoms with Crippen molar-refractivity contribution >= 4 is 0 Å². The van der Waals surface area contributed by atoms with Crippen molar-refractivity contribution in [1.29, 1.82) is 0 Å². The Labute approximate surface area is 174 Å². The largest absolute Gasteiger partial charge is 0.393 e. The van der Waals surface area contributed by atoms with E-state index >= 15 is 0 Å². The van der Waals surface area contributed by atoms with Crippen LogP contribution in [0.1, 0.15) is 105 Å². The molecule has 0 radical (unpaired) electrons. The summed E-state index contributed by atoms with van der Waals surface area (Å²) in [7, 11) is 0. The second-order valence-corrected chi connectivity index (χ2v) is 12.2. The lowest BCUT2D eigenvalue weighted by Crippen LogP contribution is -2.50. The third-order valence-corrected chi connectivity index (χ3v) is 10.3. The Morgan fingerprint density at radius 2 is 1.79 bits per heavy atom. The molecule has 4 rings (SSSR count). The van der Waals surface area contributed by atoms with Crippen LogP contribution in [-0.2, 0) is 0 Å². The zero-order valence-corrected chi connectivity index (χ0v) is 19.3. The molecule has 4 aliphatic rings. The van der Waals surface area contributed by atoms with Crippen LogP contribution < -0.4 is 0 Å². The highest BCUT2D eigenvalue weighted by Crippen LogP contribution is 2.67. The van der Waals surface area contributed by atoms with Gasteiger partial charge in [0.15, 0.2) is 0 Å². The molecule has 0 saturated heterocycles. The maximum atomic E-state index is 10.2. The standard InChI is InChI=1S/C27H46O/c1-18(2)7-6-8-19(3)23-11-12-24-22-10-9-20-17-21(28)13-15-26(20,4)25(22)14-16-27(23,24)5/h9,18-19,21-25,28H,6-8,10-17H2,1-5H3/t19?,21?,22?,23-,24+,25?,26?,27?/m1/s1. The van der Waals surface area contributed by atoms with Gasteiger partial charge in [-0.05, 0) is 97.7 Å². The SMILES string of the molecule is CC(C)CCCC(C)[C@H]1CC[C@H]2C3CC=C4CC(O)CCC4(C)C3CCC12C. The number of fused-ring (bicyclic) bond motifs is 5. The summed E-state index contributed by atoms with van der Waals surface area (Å²) < 4.78 is 0. The van der Waals surface area contributed by atoms with E-state index in [0.29, 0.717) is 10.8 Å². The van der Waals surface area contributed by atoms with E-state index in [1.54, 1.807) is 5.57 Å². The van der Waals surface area contributed by atoms with Crippen LogP contribution in [0.3, 0.4) is 0 Å². The zero-order chi connectivity index (χ0) is 20.1. The molecule has 0 aromatic heterocycles. The highest BCUT2D eigenvalue weighted by molar-refractivity contribution is 5.25. The van der Waals surface area contributed by atoms with Crippen LogP contribution in [0.15, 0.2) is 11.6 Å². The molecule has 0 heterocycles. The van der Waals surface area contributed by atoms with Gasteiger partial charge in [-0.15, -0.1) is 0 Å². The van der Waals surface area contributed by atoms with Crippen molar-refractivity contribution in [3.05, 3.63) is 11.6 Å². The van der Waals surface area contributed by atoms with Gasteiger partial charge in [-0.3, -0.25) is 0 Å². The average Bonchev–Trinajstić information content (AvgIpc) is 2.99. The third-order valence-electron chi connectivity index (χ3n) is 10.3. The minimum Gasteiger partial charge on any atom is -0.393 e. The molecule has 8 atom stereocenters.